The minimum absolute atomic E-state index is 0.260. The quantitative estimate of drug-likeness (QED) is 0.667. The molecule has 0 saturated carbocycles. The van der Waals surface area contributed by atoms with Crippen molar-refractivity contribution in [1.82, 2.24) is 14.6 Å². The van der Waals surface area contributed by atoms with Crippen molar-refractivity contribution in [3.8, 4) is 11.8 Å². The minimum Gasteiger partial charge on any atom is -0.234 e. The monoisotopic (exact) mass is 265 g/mol. The third-order valence-electron chi connectivity index (χ3n) is 2.88. The van der Waals surface area contributed by atoms with E-state index in [0.29, 0.717) is 12.0 Å². The van der Waals surface area contributed by atoms with Crippen LogP contribution in [0.4, 0.5) is 4.39 Å². The lowest BCUT2D eigenvalue weighted by Gasteiger charge is -1.97. The largest absolute Gasteiger partial charge is 0.234 e. The third kappa shape index (κ3) is 2.83. The first-order valence-corrected chi connectivity index (χ1v) is 6.35. The van der Waals surface area contributed by atoms with Crippen LogP contribution in [0.1, 0.15) is 17.7 Å². The van der Waals surface area contributed by atoms with Crippen molar-refractivity contribution >= 4 is 5.65 Å². The Morgan fingerprint density at radius 2 is 2.15 bits per heavy atom. The normalized spacial score (nSPS) is 10.2. The van der Waals surface area contributed by atoms with E-state index in [1.54, 1.807) is 22.8 Å². The molecular weight excluding hydrogens is 253 g/mol. The van der Waals surface area contributed by atoms with E-state index in [9.17, 15) is 4.39 Å². The molecule has 3 nitrogen and oxygen atoms in total. The van der Waals surface area contributed by atoms with Crippen LogP contribution in [-0.2, 0) is 6.42 Å². The topological polar surface area (TPSA) is 30.2 Å². The van der Waals surface area contributed by atoms with E-state index in [0.717, 1.165) is 17.8 Å². The molecular formula is C16H12FN3. The standard InChI is InChI=1S/C16H12FN3/c17-14-6-3-5-13(12-14)4-1-2-7-15-9-11-20-16(19-15)8-10-18-20/h3,5-6,8-12H,2,7H2. The van der Waals surface area contributed by atoms with Gasteiger partial charge in [0.05, 0.1) is 6.20 Å². The first kappa shape index (κ1) is 12.4. The van der Waals surface area contributed by atoms with Crippen LogP contribution in [-0.4, -0.2) is 14.6 Å². The van der Waals surface area contributed by atoms with Gasteiger partial charge in [-0.05, 0) is 24.3 Å². The van der Waals surface area contributed by atoms with Crippen LogP contribution < -0.4 is 0 Å². The maximum Gasteiger partial charge on any atom is 0.155 e. The van der Waals surface area contributed by atoms with Crippen LogP contribution in [0.15, 0.2) is 48.8 Å². The van der Waals surface area contributed by atoms with Gasteiger partial charge in [-0.2, -0.15) is 5.10 Å². The fraction of sp³-hybridized carbons (Fsp3) is 0.125. The number of nitrogens with zero attached hydrogens (tertiary/aromatic N) is 3. The molecule has 4 heteroatoms. The number of hydrogen-bond donors (Lipinski definition) is 0. The zero-order chi connectivity index (χ0) is 13.8. The average molecular weight is 265 g/mol. The fourth-order valence-corrected chi connectivity index (χ4v) is 1.91. The van der Waals surface area contributed by atoms with Gasteiger partial charge in [0.25, 0.3) is 0 Å². The summed E-state index contributed by atoms with van der Waals surface area (Å²) < 4.78 is 14.7. The zero-order valence-electron chi connectivity index (χ0n) is 10.8. The molecule has 0 aliphatic heterocycles. The highest BCUT2D eigenvalue weighted by molar-refractivity contribution is 5.37. The van der Waals surface area contributed by atoms with E-state index in [2.05, 4.69) is 21.9 Å². The number of fused-ring (bicyclic) bond motifs is 1. The van der Waals surface area contributed by atoms with E-state index in [4.69, 9.17) is 0 Å². The number of halogens is 1. The summed E-state index contributed by atoms with van der Waals surface area (Å²) in [6.07, 6.45) is 5.06. The Bertz CT molecular complexity index is 796. The van der Waals surface area contributed by atoms with Gasteiger partial charge in [0, 0.05) is 36.4 Å². The van der Waals surface area contributed by atoms with Crippen molar-refractivity contribution in [3.05, 3.63) is 65.9 Å². The molecule has 3 aromatic rings. The van der Waals surface area contributed by atoms with Crippen molar-refractivity contribution < 1.29 is 4.39 Å². The van der Waals surface area contributed by atoms with Gasteiger partial charge in [0.15, 0.2) is 5.65 Å². The highest BCUT2D eigenvalue weighted by Crippen LogP contribution is 2.04. The second kappa shape index (κ2) is 5.54. The van der Waals surface area contributed by atoms with E-state index in [1.165, 1.54) is 12.1 Å². The molecule has 0 fully saturated rings. The van der Waals surface area contributed by atoms with Gasteiger partial charge in [0.2, 0.25) is 0 Å². The minimum atomic E-state index is -0.260. The summed E-state index contributed by atoms with van der Waals surface area (Å²) in [4.78, 5) is 4.47. The molecule has 0 aliphatic carbocycles. The van der Waals surface area contributed by atoms with Gasteiger partial charge in [-0.1, -0.05) is 17.9 Å². The van der Waals surface area contributed by atoms with E-state index in [1.807, 2.05) is 18.3 Å². The Morgan fingerprint density at radius 1 is 1.20 bits per heavy atom. The van der Waals surface area contributed by atoms with Gasteiger partial charge < -0.3 is 0 Å². The van der Waals surface area contributed by atoms with Crippen LogP contribution in [0, 0.1) is 17.7 Å². The molecule has 3 rings (SSSR count). The second-order valence-corrected chi connectivity index (χ2v) is 4.36. The van der Waals surface area contributed by atoms with Crippen molar-refractivity contribution in [3.63, 3.8) is 0 Å². The smallest absolute Gasteiger partial charge is 0.155 e. The average Bonchev–Trinajstić information content (AvgIpc) is 2.91. The van der Waals surface area contributed by atoms with Crippen LogP contribution in [0.25, 0.3) is 5.65 Å². The molecule has 1 aromatic carbocycles. The van der Waals surface area contributed by atoms with Gasteiger partial charge in [-0.25, -0.2) is 13.9 Å². The molecule has 0 saturated heterocycles. The molecule has 2 aromatic heterocycles. The summed E-state index contributed by atoms with van der Waals surface area (Å²) in [5.74, 6) is 5.73. The van der Waals surface area contributed by atoms with Gasteiger partial charge in [0.1, 0.15) is 5.82 Å². The SMILES string of the molecule is Fc1cccc(C#CCCc2ccn3nccc3n2)c1. The lowest BCUT2D eigenvalue weighted by molar-refractivity contribution is 0.627. The molecule has 0 bridgehead atoms. The molecule has 0 spiro atoms. The predicted molar refractivity (Wildman–Crippen MR) is 74.6 cm³/mol. The highest BCUT2D eigenvalue weighted by Gasteiger charge is 1.97. The number of rotatable bonds is 2. The summed E-state index contributed by atoms with van der Waals surface area (Å²) in [5, 5.41) is 4.09. The lowest BCUT2D eigenvalue weighted by Crippen LogP contribution is -1.94. The molecule has 0 N–H and O–H groups in total. The Hall–Kier alpha value is -2.67. The van der Waals surface area contributed by atoms with Crippen LogP contribution in [0.5, 0.6) is 0 Å². The molecule has 0 aliphatic rings. The number of aromatic nitrogens is 3. The Labute approximate surface area is 116 Å². The zero-order valence-corrected chi connectivity index (χ0v) is 10.8. The van der Waals surface area contributed by atoms with Crippen molar-refractivity contribution in [1.29, 1.82) is 0 Å². The first-order chi connectivity index (χ1) is 9.81. The summed E-state index contributed by atoms with van der Waals surface area (Å²) in [6, 6.07) is 10.1. The van der Waals surface area contributed by atoms with Gasteiger partial charge >= 0.3 is 0 Å². The third-order valence-corrected chi connectivity index (χ3v) is 2.88. The second-order valence-electron chi connectivity index (χ2n) is 4.36. The van der Waals surface area contributed by atoms with E-state index in [-0.39, 0.29) is 5.82 Å². The lowest BCUT2D eigenvalue weighted by atomic mass is 10.2. The number of hydrogen-bond acceptors (Lipinski definition) is 2. The molecule has 0 radical (unpaired) electrons. The fourth-order valence-electron chi connectivity index (χ4n) is 1.91. The Balaban J connectivity index is 1.65. The summed E-state index contributed by atoms with van der Waals surface area (Å²) in [7, 11) is 0. The number of benzene rings is 1. The van der Waals surface area contributed by atoms with Crippen molar-refractivity contribution in [2.24, 2.45) is 0 Å². The van der Waals surface area contributed by atoms with Gasteiger partial charge in [-0.15, -0.1) is 0 Å². The maximum atomic E-state index is 13.0. The van der Waals surface area contributed by atoms with E-state index >= 15 is 0 Å². The molecule has 0 atom stereocenters. The summed E-state index contributed by atoms with van der Waals surface area (Å²) >= 11 is 0. The number of aryl methyl sites for hydroxylation is 1. The summed E-state index contributed by atoms with van der Waals surface area (Å²) in [6.45, 7) is 0. The van der Waals surface area contributed by atoms with E-state index < -0.39 is 0 Å². The summed E-state index contributed by atoms with van der Waals surface area (Å²) in [5.41, 5.74) is 2.51. The molecule has 98 valence electrons. The molecule has 0 amide bonds. The Morgan fingerprint density at radius 3 is 3.05 bits per heavy atom. The van der Waals surface area contributed by atoms with Gasteiger partial charge in [-0.3, -0.25) is 0 Å². The molecule has 0 unspecified atom stereocenters. The highest BCUT2D eigenvalue weighted by atomic mass is 19.1. The van der Waals surface area contributed by atoms with Crippen LogP contribution in [0.2, 0.25) is 0 Å². The van der Waals surface area contributed by atoms with Crippen LogP contribution in [0.3, 0.4) is 0 Å². The predicted octanol–water partition coefficient (Wildman–Crippen LogP) is 2.85. The Kier molecular flexibility index (Phi) is 3.42. The first-order valence-electron chi connectivity index (χ1n) is 6.35. The molecule has 20 heavy (non-hydrogen) atoms. The molecule has 2 heterocycles. The van der Waals surface area contributed by atoms with Crippen molar-refractivity contribution in [2.45, 2.75) is 12.8 Å². The maximum absolute atomic E-state index is 13.0. The van der Waals surface area contributed by atoms with Crippen molar-refractivity contribution in [2.75, 3.05) is 0 Å². The van der Waals surface area contributed by atoms with Crippen LogP contribution >= 0.6 is 0 Å².